The molecule has 7 heteroatoms. The molecule has 0 aromatic carbocycles. The van der Waals surface area contributed by atoms with Crippen LogP contribution in [-0.2, 0) is 14.3 Å². The van der Waals surface area contributed by atoms with Crippen molar-refractivity contribution in [1.82, 2.24) is 10.2 Å². The predicted octanol–water partition coefficient (Wildman–Crippen LogP) is 3.29. The van der Waals surface area contributed by atoms with Crippen molar-refractivity contribution in [3.05, 3.63) is 11.6 Å². The summed E-state index contributed by atoms with van der Waals surface area (Å²) in [5.41, 5.74) is 1.42. The molecule has 1 fully saturated rings. The van der Waals surface area contributed by atoms with Gasteiger partial charge in [0.25, 0.3) is 5.91 Å². The van der Waals surface area contributed by atoms with Gasteiger partial charge in [0.15, 0.2) is 6.61 Å². The second-order valence-electron chi connectivity index (χ2n) is 7.09. The molecule has 0 saturated carbocycles. The summed E-state index contributed by atoms with van der Waals surface area (Å²) in [6.07, 6.45) is 10.2. The second kappa shape index (κ2) is 11.6. The molecule has 26 heavy (non-hydrogen) atoms. The van der Waals surface area contributed by atoms with Crippen LogP contribution in [0.25, 0.3) is 0 Å². The van der Waals surface area contributed by atoms with Gasteiger partial charge in [0, 0.05) is 19.6 Å². The van der Waals surface area contributed by atoms with Crippen LogP contribution < -0.4 is 5.32 Å². The number of nitrogens with one attached hydrogen (secondary N) is 1. The molecule has 0 aromatic rings. The summed E-state index contributed by atoms with van der Waals surface area (Å²) in [4.78, 5) is 25.7. The molecule has 2 rings (SSSR count). The Balaban J connectivity index is 1.52. The van der Waals surface area contributed by atoms with Crippen molar-refractivity contribution in [2.45, 2.75) is 51.9 Å². The van der Waals surface area contributed by atoms with Gasteiger partial charge in [0.2, 0.25) is 0 Å². The largest absolute Gasteiger partial charge is 0.455 e. The fourth-order valence-corrected chi connectivity index (χ4v) is 4.19. The summed E-state index contributed by atoms with van der Waals surface area (Å²) in [7, 11) is 0. The quantitative estimate of drug-likeness (QED) is 0.403. The Hall–Kier alpha value is -1.08. The number of ether oxygens (including phenoxy) is 1. The topological polar surface area (TPSA) is 58.6 Å². The lowest BCUT2D eigenvalue weighted by molar-refractivity contribution is -0.145. The molecule has 1 N–H and O–H groups in total. The predicted molar refractivity (Wildman–Crippen MR) is 110 cm³/mol. The van der Waals surface area contributed by atoms with Crippen LogP contribution in [0.1, 0.15) is 51.9 Å². The van der Waals surface area contributed by atoms with Gasteiger partial charge in [0.05, 0.1) is 5.75 Å². The third kappa shape index (κ3) is 8.08. The standard InChI is InChI=1S/C19H30N2O3S2/c1-15-8-11-21(12-9-15)19(25)26-14-18(23)24-13-17(22)20-10-7-16-5-3-2-4-6-16/h5,15H,2-4,6-14H2,1H3,(H,20,22). The maximum atomic E-state index is 11.8. The molecular formula is C19H30N2O3S2. The molecular weight excluding hydrogens is 368 g/mol. The summed E-state index contributed by atoms with van der Waals surface area (Å²) in [5, 5.41) is 2.81. The van der Waals surface area contributed by atoms with E-state index in [1.54, 1.807) is 0 Å². The summed E-state index contributed by atoms with van der Waals surface area (Å²) >= 11 is 6.71. The van der Waals surface area contributed by atoms with Crippen molar-refractivity contribution >= 4 is 40.2 Å². The molecule has 0 aromatic heterocycles. The lowest BCUT2D eigenvalue weighted by atomic mass is 9.97. The number of nitrogens with zero attached hydrogens (tertiary/aromatic N) is 1. The molecule has 0 spiro atoms. The lowest BCUT2D eigenvalue weighted by Crippen LogP contribution is -2.36. The number of piperidine rings is 1. The van der Waals surface area contributed by atoms with E-state index >= 15 is 0 Å². The van der Waals surface area contributed by atoms with E-state index in [2.05, 4.69) is 23.2 Å². The normalized spacial score (nSPS) is 18.2. The summed E-state index contributed by atoms with van der Waals surface area (Å²) in [6, 6.07) is 0. The number of rotatable bonds is 7. The number of esters is 1. The zero-order valence-corrected chi connectivity index (χ0v) is 17.3. The number of amides is 1. The van der Waals surface area contributed by atoms with Crippen LogP contribution in [0.2, 0.25) is 0 Å². The van der Waals surface area contributed by atoms with E-state index in [9.17, 15) is 9.59 Å². The zero-order chi connectivity index (χ0) is 18.8. The van der Waals surface area contributed by atoms with Crippen molar-refractivity contribution in [2.75, 3.05) is 32.0 Å². The van der Waals surface area contributed by atoms with Gasteiger partial charge in [0.1, 0.15) is 4.32 Å². The minimum atomic E-state index is -0.395. The summed E-state index contributed by atoms with van der Waals surface area (Å²) in [6.45, 7) is 4.56. The number of carbonyl (C=O) groups excluding carboxylic acids is 2. The Morgan fingerprint density at radius 3 is 2.81 bits per heavy atom. The van der Waals surface area contributed by atoms with Gasteiger partial charge in [-0.1, -0.05) is 42.6 Å². The minimum Gasteiger partial charge on any atom is -0.455 e. The monoisotopic (exact) mass is 398 g/mol. The van der Waals surface area contributed by atoms with E-state index in [1.807, 2.05) is 0 Å². The smallest absolute Gasteiger partial charge is 0.316 e. The van der Waals surface area contributed by atoms with Crippen molar-refractivity contribution in [3.8, 4) is 0 Å². The third-order valence-electron chi connectivity index (χ3n) is 4.87. The molecule has 0 unspecified atom stereocenters. The van der Waals surface area contributed by atoms with E-state index in [0.717, 1.165) is 55.4 Å². The Bertz CT molecular complexity index is 529. The number of hydrogen-bond donors (Lipinski definition) is 1. The maximum absolute atomic E-state index is 11.8. The highest BCUT2D eigenvalue weighted by Gasteiger charge is 2.19. The van der Waals surface area contributed by atoms with Crippen molar-refractivity contribution in [1.29, 1.82) is 0 Å². The van der Waals surface area contributed by atoms with Crippen molar-refractivity contribution < 1.29 is 14.3 Å². The third-order valence-corrected chi connectivity index (χ3v) is 6.37. The van der Waals surface area contributed by atoms with Crippen LogP contribution in [0.15, 0.2) is 11.6 Å². The highest BCUT2D eigenvalue weighted by atomic mass is 32.2. The van der Waals surface area contributed by atoms with Crippen LogP contribution in [0.4, 0.5) is 0 Å². The number of thioether (sulfide) groups is 1. The molecule has 5 nitrogen and oxygen atoms in total. The fourth-order valence-electron chi connectivity index (χ4n) is 3.14. The van der Waals surface area contributed by atoms with Gasteiger partial charge in [-0.3, -0.25) is 9.59 Å². The first-order valence-corrected chi connectivity index (χ1v) is 11.0. The average Bonchev–Trinajstić information content (AvgIpc) is 2.66. The minimum absolute atomic E-state index is 0.158. The van der Waals surface area contributed by atoms with Gasteiger partial charge in [-0.25, -0.2) is 0 Å². The molecule has 146 valence electrons. The number of likely N-dealkylation sites (tertiary alicyclic amines) is 1. The summed E-state index contributed by atoms with van der Waals surface area (Å²) < 4.78 is 5.79. The summed E-state index contributed by atoms with van der Waals surface area (Å²) in [5.74, 6) is 0.266. The first-order valence-electron chi connectivity index (χ1n) is 9.56. The first-order chi connectivity index (χ1) is 12.5. The van der Waals surface area contributed by atoms with Crippen molar-refractivity contribution in [3.63, 3.8) is 0 Å². The molecule has 1 saturated heterocycles. The maximum Gasteiger partial charge on any atom is 0.316 e. The Morgan fingerprint density at radius 1 is 1.35 bits per heavy atom. The van der Waals surface area contributed by atoms with E-state index in [4.69, 9.17) is 17.0 Å². The van der Waals surface area contributed by atoms with E-state index in [0.29, 0.717) is 6.54 Å². The molecule has 0 radical (unpaired) electrons. The fraction of sp³-hybridized carbons (Fsp3) is 0.737. The number of allylic oxidation sites excluding steroid dienone is 1. The highest BCUT2D eigenvalue weighted by Crippen LogP contribution is 2.20. The SMILES string of the molecule is CC1CCN(C(=S)SCC(=O)OCC(=O)NCCC2=CCCCC2)CC1. The lowest BCUT2D eigenvalue weighted by Gasteiger charge is -2.31. The van der Waals surface area contributed by atoms with Gasteiger partial charge in [-0.2, -0.15) is 0 Å². The van der Waals surface area contributed by atoms with Gasteiger partial charge >= 0.3 is 5.97 Å². The molecule has 1 heterocycles. The van der Waals surface area contributed by atoms with Crippen LogP contribution >= 0.6 is 24.0 Å². The molecule has 1 aliphatic carbocycles. The molecule has 1 amide bonds. The van der Waals surface area contributed by atoms with Gasteiger partial charge in [-0.05, 0) is 50.9 Å². The molecule has 2 aliphatic rings. The average molecular weight is 399 g/mol. The molecule has 1 aliphatic heterocycles. The zero-order valence-electron chi connectivity index (χ0n) is 15.6. The number of thiocarbonyl (C=S) groups is 1. The van der Waals surface area contributed by atoms with Crippen LogP contribution in [-0.4, -0.2) is 53.1 Å². The Labute approximate surface area is 166 Å². The second-order valence-corrected chi connectivity index (χ2v) is 8.70. The van der Waals surface area contributed by atoms with Crippen LogP contribution in [0.3, 0.4) is 0 Å². The Morgan fingerprint density at radius 2 is 2.12 bits per heavy atom. The highest BCUT2D eigenvalue weighted by molar-refractivity contribution is 8.23. The number of hydrogen-bond acceptors (Lipinski definition) is 5. The van der Waals surface area contributed by atoms with Gasteiger partial charge < -0.3 is 15.0 Å². The molecule has 0 bridgehead atoms. The van der Waals surface area contributed by atoms with E-state index < -0.39 is 5.97 Å². The number of carbonyl (C=O) groups is 2. The van der Waals surface area contributed by atoms with Crippen LogP contribution in [0.5, 0.6) is 0 Å². The molecule has 0 atom stereocenters. The van der Waals surface area contributed by atoms with E-state index in [1.165, 1.54) is 30.2 Å². The Kier molecular flexibility index (Phi) is 9.46. The first kappa shape index (κ1) is 21.2. The van der Waals surface area contributed by atoms with E-state index in [-0.39, 0.29) is 18.3 Å². The van der Waals surface area contributed by atoms with Gasteiger partial charge in [-0.15, -0.1) is 0 Å². The van der Waals surface area contributed by atoms with Crippen molar-refractivity contribution in [2.24, 2.45) is 5.92 Å². The van der Waals surface area contributed by atoms with Crippen LogP contribution in [0, 0.1) is 5.92 Å².